The number of nitrogens with zero attached hydrogens (tertiary/aromatic N) is 4. The molecule has 0 aliphatic rings. The van der Waals surface area contributed by atoms with E-state index in [1.165, 1.54) is 28.0 Å². The Hall–Kier alpha value is -4.29. The molecule has 0 aliphatic carbocycles. The zero-order valence-corrected chi connectivity index (χ0v) is 25.8. The van der Waals surface area contributed by atoms with Crippen LogP contribution in [0.15, 0.2) is 99.6 Å². The van der Waals surface area contributed by atoms with Crippen molar-refractivity contribution in [2.24, 2.45) is 0 Å². The lowest BCUT2D eigenvalue weighted by Gasteiger charge is -2.16. The molecule has 0 bridgehead atoms. The third-order valence-corrected chi connectivity index (χ3v) is 8.45. The summed E-state index contributed by atoms with van der Waals surface area (Å²) in [6, 6.07) is 24.4. The molecule has 214 valence electrons. The quantitative estimate of drug-likeness (QED) is 0.121. The Balaban J connectivity index is 1.42. The van der Waals surface area contributed by atoms with Crippen LogP contribution in [-0.2, 0) is 6.42 Å². The minimum Gasteiger partial charge on any atom is -0.353 e. The lowest BCUT2D eigenvalue weighted by atomic mass is 10.1. The maximum absolute atomic E-state index is 14.0. The van der Waals surface area contributed by atoms with E-state index in [0.717, 1.165) is 15.7 Å². The standard InChI is InChI=1S/C30H19BrCl2N6O3S/c31-18-11-12-25-21(14-18)29(40)38(30-37-26(16-43-30)34-19-6-3-7-20(15-19)39(41)42)27(35-25)13-17-5-1-2-10-24(17)36-28-22(32)8-4-9-23(28)33/h1-12,14-16,34,36H,13H2. The van der Waals surface area contributed by atoms with Crippen LogP contribution in [-0.4, -0.2) is 19.5 Å². The number of benzene rings is 4. The number of nitro groups is 1. The third kappa shape index (κ3) is 6.11. The molecule has 0 fully saturated rings. The van der Waals surface area contributed by atoms with Gasteiger partial charge in [-0.05, 0) is 48.0 Å². The van der Waals surface area contributed by atoms with Gasteiger partial charge in [0.05, 0.1) is 31.6 Å². The van der Waals surface area contributed by atoms with Crippen LogP contribution >= 0.6 is 50.5 Å². The second-order valence-electron chi connectivity index (χ2n) is 9.33. The van der Waals surface area contributed by atoms with Crippen molar-refractivity contribution in [2.75, 3.05) is 10.6 Å². The van der Waals surface area contributed by atoms with Gasteiger partial charge in [-0.25, -0.2) is 14.5 Å². The largest absolute Gasteiger partial charge is 0.353 e. The van der Waals surface area contributed by atoms with E-state index in [4.69, 9.17) is 28.2 Å². The number of aromatic nitrogens is 3. The van der Waals surface area contributed by atoms with Crippen molar-refractivity contribution in [1.82, 2.24) is 14.5 Å². The summed E-state index contributed by atoms with van der Waals surface area (Å²) in [5, 5.41) is 21.1. The molecule has 2 heterocycles. The Morgan fingerprint density at radius 1 is 0.930 bits per heavy atom. The van der Waals surface area contributed by atoms with Gasteiger partial charge < -0.3 is 10.6 Å². The van der Waals surface area contributed by atoms with Crippen LogP contribution in [0.5, 0.6) is 0 Å². The topological polar surface area (TPSA) is 115 Å². The smallest absolute Gasteiger partial charge is 0.271 e. The van der Waals surface area contributed by atoms with Gasteiger partial charge in [-0.15, -0.1) is 11.3 Å². The molecule has 6 rings (SSSR count). The Labute approximate surface area is 267 Å². The van der Waals surface area contributed by atoms with Gasteiger partial charge in [0, 0.05) is 39.8 Å². The molecule has 6 aromatic rings. The second kappa shape index (κ2) is 12.1. The van der Waals surface area contributed by atoms with E-state index in [2.05, 4.69) is 31.5 Å². The maximum Gasteiger partial charge on any atom is 0.271 e. The summed E-state index contributed by atoms with van der Waals surface area (Å²) >= 11 is 17.6. The van der Waals surface area contributed by atoms with Gasteiger partial charge >= 0.3 is 0 Å². The van der Waals surface area contributed by atoms with Gasteiger partial charge in [0.2, 0.25) is 0 Å². The summed E-state index contributed by atoms with van der Waals surface area (Å²) in [4.78, 5) is 34.3. The number of non-ortho nitro benzene ring substituents is 1. The van der Waals surface area contributed by atoms with Gasteiger partial charge in [0.1, 0.15) is 11.6 Å². The van der Waals surface area contributed by atoms with E-state index in [1.807, 2.05) is 30.3 Å². The summed E-state index contributed by atoms with van der Waals surface area (Å²) in [5.74, 6) is 0.902. The minimum absolute atomic E-state index is 0.0476. The van der Waals surface area contributed by atoms with E-state index in [1.54, 1.807) is 47.8 Å². The number of thiazole rings is 1. The molecule has 0 spiro atoms. The molecule has 0 saturated carbocycles. The van der Waals surface area contributed by atoms with Crippen LogP contribution < -0.4 is 16.2 Å². The van der Waals surface area contributed by atoms with Crippen molar-refractivity contribution in [2.45, 2.75) is 6.42 Å². The van der Waals surface area contributed by atoms with Crippen molar-refractivity contribution in [3.8, 4) is 5.13 Å². The maximum atomic E-state index is 14.0. The van der Waals surface area contributed by atoms with E-state index in [9.17, 15) is 14.9 Å². The number of para-hydroxylation sites is 2. The minimum atomic E-state index is -0.464. The highest BCUT2D eigenvalue weighted by atomic mass is 79.9. The Morgan fingerprint density at radius 3 is 2.49 bits per heavy atom. The van der Waals surface area contributed by atoms with Crippen LogP contribution in [0.1, 0.15) is 11.4 Å². The van der Waals surface area contributed by atoms with Gasteiger partial charge in [0.25, 0.3) is 11.2 Å². The highest BCUT2D eigenvalue weighted by Crippen LogP contribution is 2.34. The van der Waals surface area contributed by atoms with Gasteiger partial charge in [-0.3, -0.25) is 14.9 Å². The van der Waals surface area contributed by atoms with Gasteiger partial charge in [-0.1, -0.05) is 69.5 Å². The predicted molar refractivity (Wildman–Crippen MR) is 176 cm³/mol. The predicted octanol–water partition coefficient (Wildman–Crippen LogP) is 8.90. The summed E-state index contributed by atoms with van der Waals surface area (Å²) in [7, 11) is 0. The van der Waals surface area contributed by atoms with Crippen LogP contribution in [0.4, 0.5) is 28.6 Å². The first kappa shape index (κ1) is 28.8. The first-order chi connectivity index (χ1) is 20.8. The number of anilines is 4. The van der Waals surface area contributed by atoms with Gasteiger partial charge in [-0.2, -0.15) is 0 Å². The number of hydrogen-bond acceptors (Lipinski definition) is 8. The molecule has 9 nitrogen and oxygen atoms in total. The zero-order chi connectivity index (χ0) is 30.1. The van der Waals surface area contributed by atoms with Crippen LogP contribution in [0.3, 0.4) is 0 Å². The van der Waals surface area contributed by atoms with Crippen LogP contribution in [0.2, 0.25) is 10.0 Å². The highest BCUT2D eigenvalue weighted by molar-refractivity contribution is 9.10. The fourth-order valence-electron chi connectivity index (χ4n) is 4.51. The molecule has 4 aromatic carbocycles. The van der Waals surface area contributed by atoms with E-state index >= 15 is 0 Å². The number of fused-ring (bicyclic) bond motifs is 1. The summed E-state index contributed by atoms with van der Waals surface area (Å²) < 4.78 is 2.24. The molecule has 0 unspecified atom stereocenters. The third-order valence-electron chi connectivity index (χ3n) is 6.50. The second-order valence-corrected chi connectivity index (χ2v) is 11.9. The number of hydrogen-bond donors (Lipinski definition) is 2. The Morgan fingerprint density at radius 2 is 1.70 bits per heavy atom. The average molecular weight is 694 g/mol. The molecule has 43 heavy (non-hydrogen) atoms. The Kier molecular flexibility index (Phi) is 8.13. The normalized spacial score (nSPS) is 11.0. The first-order valence-electron chi connectivity index (χ1n) is 12.7. The molecule has 0 saturated heterocycles. The monoisotopic (exact) mass is 692 g/mol. The molecular formula is C30H19BrCl2N6O3S. The summed E-state index contributed by atoms with van der Waals surface area (Å²) in [5.41, 5.74) is 2.89. The van der Waals surface area contributed by atoms with Crippen molar-refractivity contribution < 1.29 is 4.92 Å². The molecular weight excluding hydrogens is 675 g/mol. The molecule has 0 radical (unpaired) electrons. The van der Waals surface area contributed by atoms with Crippen molar-refractivity contribution in [3.63, 3.8) is 0 Å². The number of nitro benzene ring substituents is 1. The zero-order valence-electron chi connectivity index (χ0n) is 21.9. The molecule has 13 heteroatoms. The SMILES string of the molecule is O=c1c2cc(Br)ccc2nc(Cc2ccccc2Nc2c(Cl)cccc2Cl)n1-c1nc(Nc2cccc([N+](=O)[O-])c2)cs1. The number of halogens is 3. The molecule has 0 aliphatic heterocycles. The molecule has 2 N–H and O–H groups in total. The van der Waals surface area contributed by atoms with E-state index in [-0.39, 0.29) is 17.7 Å². The number of nitrogens with one attached hydrogen (secondary N) is 2. The fourth-order valence-corrected chi connectivity index (χ4v) is 6.13. The fraction of sp³-hybridized carbons (Fsp3) is 0.0333. The van der Waals surface area contributed by atoms with Crippen LogP contribution in [0.25, 0.3) is 16.0 Å². The van der Waals surface area contributed by atoms with E-state index in [0.29, 0.717) is 49.1 Å². The molecule has 0 amide bonds. The van der Waals surface area contributed by atoms with Crippen molar-refractivity contribution in [3.05, 3.63) is 137 Å². The van der Waals surface area contributed by atoms with Crippen molar-refractivity contribution >= 4 is 89.9 Å². The first-order valence-corrected chi connectivity index (χ1v) is 15.2. The van der Waals surface area contributed by atoms with Crippen molar-refractivity contribution in [1.29, 1.82) is 0 Å². The highest BCUT2D eigenvalue weighted by Gasteiger charge is 2.19. The van der Waals surface area contributed by atoms with Crippen LogP contribution in [0, 0.1) is 10.1 Å². The Bertz CT molecular complexity index is 2060. The summed E-state index contributed by atoms with van der Waals surface area (Å²) in [6.07, 6.45) is 0.277. The lowest BCUT2D eigenvalue weighted by Crippen LogP contribution is -2.24. The molecule has 0 atom stereocenters. The number of rotatable bonds is 8. The van der Waals surface area contributed by atoms with Gasteiger partial charge in [0.15, 0.2) is 5.13 Å². The molecule has 2 aromatic heterocycles. The lowest BCUT2D eigenvalue weighted by molar-refractivity contribution is -0.384. The van der Waals surface area contributed by atoms with E-state index < -0.39 is 4.92 Å². The summed E-state index contributed by atoms with van der Waals surface area (Å²) in [6.45, 7) is 0. The average Bonchev–Trinajstić information content (AvgIpc) is 3.44.